The summed E-state index contributed by atoms with van der Waals surface area (Å²) in [6, 6.07) is 1.64. The Hall–Kier alpha value is -2.95. The SMILES string of the molecule is C=CCOc1cc(OCC=C)c(C(=O)OC)c(OCC=C)c1CC=C. The lowest BCUT2D eigenvalue weighted by Gasteiger charge is -2.20. The summed E-state index contributed by atoms with van der Waals surface area (Å²) >= 11 is 0. The molecule has 0 aliphatic carbocycles. The molecule has 0 saturated carbocycles. The fraction of sp³-hybridized carbons (Fsp3) is 0.250. The van der Waals surface area contributed by atoms with Crippen LogP contribution in [0.4, 0.5) is 0 Å². The van der Waals surface area contributed by atoms with Crippen molar-refractivity contribution in [3.05, 3.63) is 67.8 Å². The van der Waals surface area contributed by atoms with Crippen molar-refractivity contribution in [1.82, 2.24) is 0 Å². The van der Waals surface area contributed by atoms with E-state index in [-0.39, 0.29) is 24.5 Å². The average molecular weight is 344 g/mol. The van der Waals surface area contributed by atoms with Crippen LogP contribution in [0, 0.1) is 0 Å². The maximum atomic E-state index is 12.3. The summed E-state index contributed by atoms with van der Waals surface area (Å²) in [4.78, 5) is 12.3. The minimum Gasteiger partial charge on any atom is -0.489 e. The largest absolute Gasteiger partial charge is 0.489 e. The second-order valence-electron chi connectivity index (χ2n) is 4.84. The van der Waals surface area contributed by atoms with Gasteiger partial charge < -0.3 is 18.9 Å². The van der Waals surface area contributed by atoms with Gasteiger partial charge in [-0.15, -0.1) is 6.58 Å². The van der Waals surface area contributed by atoms with E-state index in [4.69, 9.17) is 18.9 Å². The summed E-state index contributed by atoms with van der Waals surface area (Å²) in [5.74, 6) is 0.564. The number of methoxy groups -OCH3 is 1. The highest BCUT2D eigenvalue weighted by Crippen LogP contribution is 2.40. The predicted octanol–water partition coefficient (Wildman–Crippen LogP) is 3.90. The van der Waals surface area contributed by atoms with Crippen LogP contribution in [0.15, 0.2) is 56.7 Å². The first-order valence-corrected chi connectivity index (χ1v) is 7.74. The summed E-state index contributed by atoms with van der Waals surface area (Å²) in [5, 5.41) is 0. The smallest absolute Gasteiger partial charge is 0.345 e. The number of allylic oxidation sites excluding steroid dienone is 1. The first-order chi connectivity index (χ1) is 12.1. The molecule has 0 spiro atoms. The number of esters is 1. The van der Waals surface area contributed by atoms with Gasteiger partial charge in [0.05, 0.1) is 7.11 Å². The van der Waals surface area contributed by atoms with Crippen LogP contribution in [-0.4, -0.2) is 32.9 Å². The predicted molar refractivity (Wildman–Crippen MR) is 98.8 cm³/mol. The van der Waals surface area contributed by atoms with Crippen molar-refractivity contribution in [2.75, 3.05) is 26.9 Å². The maximum Gasteiger partial charge on any atom is 0.345 e. The minimum absolute atomic E-state index is 0.189. The number of hydrogen-bond acceptors (Lipinski definition) is 5. The van der Waals surface area contributed by atoms with Crippen molar-refractivity contribution < 1.29 is 23.7 Å². The molecule has 1 aromatic rings. The molecule has 0 radical (unpaired) electrons. The molecule has 0 N–H and O–H groups in total. The molecule has 0 aromatic heterocycles. The van der Waals surface area contributed by atoms with Crippen LogP contribution < -0.4 is 14.2 Å². The highest BCUT2D eigenvalue weighted by Gasteiger charge is 2.26. The molecule has 1 rings (SSSR count). The molecule has 0 fully saturated rings. The lowest BCUT2D eigenvalue weighted by atomic mass is 10.0. The Morgan fingerprint density at radius 1 is 0.920 bits per heavy atom. The first kappa shape index (κ1) is 20.1. The van der Waals surface area contributed by atoms with Crippen molar-refractivity contribution in [2.24, 2.45) is 0 Å². The second-order valence-corrected chi connectivity index (χ2v) is 4.84. The van der Waals surface area contributed by atoms with Crippen molar-refractivity contribution in [2.45, 2.75) is 6.42 Å². The molecule has 0 atom stereocenters. The third-order valence-corrected chi connectivity index (χ3v) is 3.10. The highest BCUT2D eigenvalue weighted by molar-refractivity contribution is 5.97. The highest BCUT2D eigenvalue weighted by atomic mass is 16.5. The third kappa shape index (κ3) is 5.28. The van der Waals surface area contributed by atoms with Crippen LogP contribution in [0.1, 0.15) is 15.9 Å². The van der Waals surface area contributed by atoms with Crippen LogP contribution in [0.2, 0.25) is 0 Å². The van der Waals surface area contributed by atoms with Crippen molar-refractivity contribution in [3.63, 3.8) is 0 Å². The topological polar surface area (TPSA) is 54.0 Å². The molecule has 0 aliphatic heterocycles. The van der Waals surface area contributed by atoms with Gasteiger partial charge in [0, 0.05) is 11.6 Å². The van der Waals surface area contributed by atoms with Crippen molar-refractivity contribution in [1.29, 1.82) is 0 Å². The van der Waals surface area contributed by atoms with Crippen LogP contribution in [-0.2, 0) is 11.2 Å². The van der Waals surface area contributed by atoms with Gasteiger partial charge in [0.25, 0.3) is 0 Å². The quantitative estimate of drug-likeness (QED) is 0.425. The van der Waals surface area contributed by atoms with E-state index in [9.17, 15) is 4.79 Å². The molecule has 1 aromatic carbocycles. The Kier molecular flexibility index (Phi) is 8.65. The van der Waals surface area contributed by atoms with Gasteiger partial charge in [0.2, 0.25) is 0 Å². The van der Waals surface area contributed by atoms with Crippen molar-refractivity contribution in [3.8, 4) is 17.2 Å². The van der Waals surface area contributed by atoms with E-state index >= 15 is 0 Å². The molecule has 0 unspecified atom stereocenters. The molecule has 0 amide bonds. The fourth-order valence-electron chi connectivity index (χ4n) is 2.13. The van der Waals surface area contributed by atoms with E-state index in [2.05, 4.69) is 26.3 Å². The molecular weight excluding hydrogens is 320 g/mol. The standard InChI is InChI=1S/C20H24O5/c1-6-10-15-16(23-11-7-2)14-17(24-12-8-3)18(20(21)22-5)19(15)25-13-9-4/h6-9,14H,1-4,10-13H2,5H3. The van der Waals surface area contributed by atoms with Gasteiger partial charge in [0.1, 0.15) is 42.6 Å². The zero-order valence-corrected chi connectivity index (χ0v) is 14.6. The number of benzene rings is 1. The second kappa shape index (κ2) is 10.8. The molecule has 0 saturated heterocycles. The number of carbonyl (C=O) groups is 1. The van der Waals surface area contributed by atoms with Gasteiger partial charge in [-0.05, 0) is 6.42 Å². The summed E-state index contributed by atoms with van der Waals surface area (Å²) in [7, 11) is 1.30. The molecule has 0 heterocycles. The molecular formula is C20H24O5. The van der Waals surface area contributed by atoms with E-state index < -0.39 is 5.97 Å². The molecule has 25 heavy (non-hydrogen) atoms. The molecule has 0 bridgehead atoms. The Labute approximate surface area is 148 Å². The van der Waals surface area contributed by atoms with Crippen LogP contribution in [0.5, 0.6) is 17.2 Å². The van der Waals surface area contributed by atoms with Crippen LogP contribution in [0.3, 0.4) is 0 Å². The Morgan fingerprint density at radius 2 is 1.48 bits per heavy atom. The minimum atomic E-state index is -0.571. The number of rotatable bonds is 12. The van der Waals surface area contributed by atoms with E-state index in [1.807, 2.05) is 0 Å². The summed E-state index contributed by atoms with van der Waals surface area (Å²) < 4.78 is 22.0. The average Bonchev–Trinajstić information content (AvgIpc) is 2.63. The summed E-state index contributed by atoms with van der Waals surface area (Å²) in [5.41, 5.74) is 0.860. The van der Waals surface area contributed by atoms with E-state index in [1.54, 1.807) is 30.4 Å². The molecule has 5 nitrogen and oxygen atoms in total. The zero-order chi connectivity index (χ0) is 18.7. The van der Waals surface area contributed by atoms with Gasteiger partial charge in [0.15, 0.2) is 0 Å². The number of ether oxygens (including phenoxy) is 4. The normalized spacial score (nSPS) is 9.64. The van der Waals surface area contributed by atoms with Gasteiger partial charge in [-0.3, -0.25) is 0 Å². The lowest BCUT2D eigenvalue weighted by Crippen LogP contribution is -2.13. The van der Waals surface area contributed by atoms with Crippen LogP contribution in [0.25, 0.3) is 0 Å². The van der Waals surface area contributed by atoms with E-state index in [0.717, 1.165) is 0 Å². The van der Waals surface area contributed by atoms with Crippen LogP contribution >= 0.6 is 0 Å². The monoisotopic (exact) mass is 344 g/mol. The van der Waals surface area contributed by atoms with E-state index in [1.165, 1.54) is 7.11 Å². The molecule has 5 heteroatoms. The Morgan fingerprint density at radius 3 is 2.00 bits per heavy atom. The third-order valence-electron chi connectivity index (χ3n) is 3.10. The molecule has 134 valence electrons. The maximum absolute atomic E-state index is 12.3. The molecule has 0 aliphatic rings. The first-order valence-electron chi connectivity index (χ1n) is 7.74. The Bertz CT molecular complexity index is 646. The number of carbonyl (C=O) groups excluding carboxylic acids is 1. The summed E-state index contributed by atoms with van der Waals surface area (Å²) in [6.45, 7) is 15.4. The number of hydrogen-bond donors (Lipinski definition) is 0. The zero-order valence-electron chi connectivity index (χ0n) is 14.6. The Balaban J connectivity index is 3.64. The fourth-order valence-corrected chi connectivity index (χ4v) is 2.13. The summed E-state index contributed by atoms with van der Waals surface area (Å²) in [6.07, 6.45) is 6.92. The van der Waals surface area contributed by atoms with Gasteiger partial charge >= 0.3 is 5.97 Å². The van der Waals surface area contributed by atoms with Crippen molar-refractivity contribution >= 4 is 5.97 Å². The lowest BCUT2D eigenvalue weighted by molar-refractivity contribution is 0.0591. The van der Waals surface area contributed by atoms with Gasteiger partial charge in [-0.25, -0.2) is 4.79 Å². The van der Waals surface area contributed by atoms with E-state index in [0.29, 0.717) is 30.1 Å². The van der Waals surface area contributed by atoms with Gasteiger partial charge in [-0.2, -0.15) is 0 Å². The van der Waals surface area contributed by atoms with Gasteiger partial charge in [-0.1, -0.05) is 44.0 Å².